The molecule has 0 unspecified atom stereocenters. The van der Waals surface area contributed by atoms with Crippen LogP contribution >= 0.6 is 0 Å². The molecule has 98 valence electrons. The van der Waals surface area contributed by atoms with Crippen molar-refractivity contribution >= 4 is 17.9 Å². The monoisotopic (exact) mass is 253 g/mol. The number of oxazole rings is 1. The zero-order valence-corrected chi connectivity index (χ0v) is 10.1. The fourth-order valence-corrected chi connectivity index (χ4v) is 1.32. The molecule has 7 nitrogen and oxygen atoms in total. The number of ether oxygens (including phenoxy) is 1. The number of amides is 1. The van der Waals surface area contributed by atoms with Crippen LogP contribution in [0.5, 0.6) is 0 Å². The molecular weight excluding hydrogens is 238 g/mol. The summed E-state index contributed by atoms with van der Waals surface area (Å²) < 4.78 is 9.76. The molecule has 1 amide bonds. The van der Waals surface area contributed by atoms with Gasteiger partial charge in [-0.1, -0.05) is 0 Å². The molecule has 1 aromatic rings. The molecule has 1 aromatic heterocycles. The predicted octanol–water partition coefficient (Wildman–Crippen LogP) is 0.542. The van der Waals surface area contributed by atoms with Crippen molar-refractivity contribution in [2.24, 2.45) is 0 Å². The maximum absolute atomic E-state index is 11.4. The second-order valence-electron chi connectivity index (χ2n) is 3.95. The summed E-state index contributed by atoms with van der Waals surface area (Å²) in [7, 11) is 0. The molecule has 0 atom stereocenters. The first kappa shape index (κ1) is 12.4. The summed E-state index contributed by atoms with van der Waals surface area (Å²) in [4.78, 5) is 26.5. The Hall–Kier alpha value is -2.05. The Morgan fingerprint density at radius 3 is 3.00 bits per heavy atom. The minimum atomic E-state index is -0.545. The normalized spacial score (nSPS) is 14.1. The first-order valence-corrected chi connectivity index (χ1v) is 5.85. The molecule has 0 radical (unpaired) electrons. The highest BCUT2D eigenvalue weighted by atomic mass is 16.5. The standard InChI is InChI=1S/C11H15N3O4/c1-2-17-10(16)8-6-18-11(14-8)12-5-9(15)13-7-3-4-7/h6-7H,2-5H2,1H3,(H,12,14)(H,13,15). The summed E-state index contributed by atoms with van der Waals surface area (Å²) >= 11 is 0. The fraction of sp³-hybridized carbons (Fsp3) is 0.545. The zero-order chi connectivity index (χ0) is 13.0. The maximum Gasteiger partial charge on any atom is 0.360 e. The molecule has 2 rings (SSSR count). The molecular formula is C11H15N3O4. The number of hydrogen-bond donors (Lipinski definition) is 2. The topological polar surface area (TPSA) is 93.5 Å². The van der Waals surface area contributed by atoms with Gasteiger partial charge >= 0.3 is 5.97 Å². The zero-order valence-electron chi connectivity index (χ0n) is 10.1. The molecule has 18 heavy (non-hydrogen) atoms. The lowest BCUT2D eigenvalue weighted by atomic mass is 10.5. The van der Waals surface area contributed by atoms with Crippen LogP contribution in [0.3, 0.4) is 0 Å². The maximum atomic E-state index is 11.4. The van der Waals surface area contributed by atoms with Crippen LogP contribution in [0.4, 0.5) is 6.01 Å². The van der Waals surface area contributed by atoms with Crippen molar-refractivity contribution < 1.29 is 18.7 Å². The lowest BCUT2D eigenvalue weighted by Crippen LogP contribution is -2.31. The van der Waals surface area contributed by atoms with E-state index in [1.807, 2.05) is 0 Å². The molecule has 1 heterocycles. The number of rotatable bonds is 6. The van der Waals surface area contributed by atoms with Crippen LogP contribution in [0.25, 0.3) is 0 Å². The Labute approximate surface area is 104 Å². The highest BCUT2D eigenvalue weighted by molar-refractivity contribution is 5.87. The van der Waals surface area contributed by atoms with E-state index in [9.17, 15) is 9.59 Å². The van der Waals surface area contributed by atoms with E-state index < -0.39 is 5.97 Å². The van der Waals surface area contributed by atoms with Crippen LogP contribution in [0.15, 0.2) is 10.7 Å². The molecule has 1 fully saturated rings. The predicted molar refractivity (Wildman–Crippen MR) is 62.1 cm³/mol. The molecule has 0 bridgehead atoms. The van der Waals surface area contributed by atoms with Crippen molar-refractivity contribution in [3.05, 3.63) is 12.0 Å². The SMILES string of the molecule is CCOC(=O)c1coc(NCC(=O)NC2CC2)n1. The summed E-state index contributed by atoms with van der Waals surface area (Å²) in [6, 6.07) is 0.447. The third kappa shape index (κ3) is 3.47. The third-order valence-electron chi connectivity index (χ3n) is 2.33. The molecule has 0 aromatic carbocycles. The van der Waals surface area contributed by atoms with Crippen LogP contribution in [-0.4, -0.2) is 36.1 Å². The van der Waals surface area contributed by atoms with Crippen LogP contribution in [0.2, 0.25) is 0 Å². The van der Waals surface area contributed by atoms with E-state index in [2.05, 4.69) is 15.6 Å². The van der Waals surface area contributed by atoms with Gasteiger partial charge in [-0.25, -0.2) is 4.79 Å². The Morgan fingerprint density at radius 1 is 1.56 bits per heavy atom. The Balaban J connectivity index is 1.78. The van der Waals surface area contributed by atoms with Gasteiger partial charge in [0.15, 0.2) is 5.69 Å². The van der Waals surface area contributed by atoms with E-state index in [1.54, 1.807) is 6.92 Å². The fourth-order valence-electron chi connectivity index (χ4n) is 1.32. The highest BCUT2D eigenvalue weighted by Gasteiger charge is 2.23. The molecule has 1 aliphatic carbocycles. The minimum Gasteiger partial charge on any atom is -0.461 e. The summed E-state index contributed by atoms with van der Waals surface area (Å²) in [5, 5.41) is 5.51. The largest absolute Gasteiger partial charge is 0.461 e. The van der Waals surface area contributed by atoms with Crippen molar-refractivity contribution in [3.63, 3.8) is 0 Å². The number of esters is 1. The van der Waals surface area contributed by atoms with Crippen LogP contribution in [0, 0.1) is 0 Å². The number of nitrogens with one attached hydrogen (secondary N) is 2. The van der Waals surface area contributed by atoms with Crippen LogP contribution < -0.4 is 10.6 Å². The first-order valence-electron chi connectivity index (χ1n) is 5.85. The lowest BCUT2D eigenvalue weighted by molar-refractivity contribution is -0.119. The summed E-state index contributed by atoms with van der Waals surface area (Å²) in [5.74, 6) is -0.662. The van der Waals surface area contributed by atoms with Gasteiger partial charge in [-0.05, 0) is 19.8 Å². The Morgan fingerprint density at radius 2 is 2.33 bits per heavy atom. The summed E-state index contributed by atoms with van der Waals surface area (Å²) in [6.07, 6.45) is 3.27. The van der Waals surface area contributed by atoms with Gasteiger partial charge in [0.25, 0.3) is 6.01 Å². The van der Waals surface area contributed by atoms with Crippen LogP contribution in [0.1, 0.15) is 30.3 Å². The van der Waals surface area contributed by atoms with Crippen molar-refractivity contribution in [1.29, 1.82) is 0 Å². The molecule has 0 spiro atoms. The first-order chi connectivity index (χ1) is 8.69. The molecule has 1 saturated carbocycles. The average molecular weight is 253 g/mol. The van der Waals surface area contributed by atoms with Crippen molar-refractivity contribution in [2.45, 2.75) is 25.8 Å². The number of aromatic nitrogens is 1. The van der Waals surface area contributed by atoms with Crippen molar-refractivity contribution in [3.8, 4) is 0 Å². The van der Waals surface area contributed by atoms with E-state index >= 15 is 0 Å². The molecule has 0 saturated heterocycles. The van der Waals surface area contributed by atoms with Gasteiger partial charge in [0.1, 0.15) is 6.26 Å². The van der Waals surface area contributed by atoms with E-state index in [0.29, 0.717) is 6.04 Å². The van der Waals surface area contributed by atoms with Gasteiger partial charge in [0.05, 0.1) is 13.2 Å². The number of anilines is 1. The van der Waals surface area contributed by atoms with Gasteiger partial charge in [-0.15, -0.1) is 0 Å². The van der Waals surface area contributed by atoms with E-state index in [1.165, 1.54) is 6.26 Å². The molecule has 0 aliphatic heterocycles. The smallest absolute Gasteiger partial charge is 0.360 e. The average Bonchev–Trinajstić information content (AvgIpc) is 3.02. The summed E-state index contributed by atoms with van der Waals surface area (Å²) in [5.41, 5.74) is 0.0851. The van der Waals surface area contributed by atoms with Gasteiger partial charge in [0, 0.05) is 6.04 Å². The minimum absolute atomic E-state index is 0.0687. The molecule has 1 aliphatic rings. The van der Waals surface area contributed by atoms with E-state index in [-0.39, 0.29) is 30.8 Å². The summed E-state index contributed by atoms with van der Waals surface area (Å²) in [6.45, 7) is 2.05. The number of hydrogen-bond acceptors (Lipinski definition) is 6. The molecule has 7 heteroatoms. The third-order valence-corrected chi connectivity index (χ3v) is 2.33. The van der Waals surface area contributed by atoms with Crippen LogP contribution in [-0.2, 0) is 9.53 Å². The van der Waals surface area contributed by atoms with Crippen molar-refractivity contribution in [1.82, 2.24) is 10.3 Å². The van der Waals surface area contributed by atoms with E-state index in [4.69, 9.17) is 9.15 Å². The Bertz CT molecular complexity index is 439. The Kier molecular flexibility index (Phi) is 3.81. The number of carbonyl (C=O) groups excluding carboxylic acids is 2. The quantitative estimate of drug-likeness (QED) is 0.719. The molecule has 2 N–H and O–H groups in total. The number of carbonyl (C=O) groups is 2. The number of nitrogens with zero attached hydrogens (tertiary/aromatic N) is 1. The van der Waals surface area contributed by atoms with Gasteiger partial charge in [-0.3, -0.25) is 4.79 Å². The van der Waals surface area contributed by atoms with Crippen molar-refractivity contribution in [2.75, 3.05) is 18.5 Å². The van der Waals surface area contributed by atoms with Gasteiger partial charge < -0.3 is 19.8 Å². The van der Waals surface area contributed by atoms with E-state index in [0.717, 1.165) is 12.8 Å². The van der Waals surface area contributed by atoms with Gasteiger partial charge in [0.2, 0.25) is 5.91 Å². The lowest BCUT2D eigenvalue weighted by Gasteiger charge is -2.02. The second-order valence-corrected chi connectivity index (χ2v) is 3.95. The van der Waals surface area contributed by atoms with Gasteiger partial charge in [-0.2, -0.15) is 4.98 Å². The highest BCUT2D eigenvalue weighted by Crippen LogP contribution is 2.18. The second kappa shape index (κ2) is 5.52.